The maximum atomic E-state index is 13.9. The van der Waals surface area contributed by atoms with Gasteiger partial charge in [0.25, 0.3) is 0 Å². The number of hydrogen-bond acceptors (Lipinski definition) is 9. The molecule has 3 atom stereocenters. The Balaban J connectivity index is 0.00000784. The molecular weight excluding hydrogens is 835 g/mol. The lowest BCUT2D eigenvalue weighted by Gasteiger charge is -2.27. The molecule has 4 amide bonds. The molecule has 0 aliphatic rings. The van der Waals surface area contributed by atoms with E-state index in [9.17, 15) is 32.3 Å². The molecule has 0 fully saturated rings. The minimum absolute atomic E-state index is 0. The minimum Gasteiger partial charge on any atom is -1.00 e. The van der Waals surface area contributed by atoms with Crippen molar-refractivity contribution in [2.45, 2.75) is 43.8 Å². The van der Waals surface area contributed by atoms with Crippen molar-refractivity contribution in [1.29, 1.82) is 0 Å². The molecule has 3 aromatic carbocycles. The number of fused-ring (bicyclic) bond motifs is 1. The maximum Gasteiger partial charge on any atom is 0.416 e. The van der Waals surface area contributed by atoms with Gasteiger partial charge in [-0.2, -0.15) is 13.2 Å². The van der Waals surface area contributed by atoms with Gasteiger partial charge in [-0.05, 0) is 35.4 Å². The van der Waals surface area contributed by atoms with E-state index in [-0.39, 0.29) is 95.4 Å². The van der Waals surface area contributed by atoms with Gasteiger partial charge in [-0.3, -0.25) is 24.2 Å². The van der Waals surface area contributed by atoms with Crippen LogP contribution in [0.1, 0.15) is 23.1 Å². The van der Waals surface area contributed by atoms with Gasteiger partial charge in [-0.1, -0.05) is 60.7 Å². The first-order chi connectivity index (χ1) is 25.4. The largest absolute Gasteiger partial charge is 1.00 e. The number of anilines is 1. The first-order valence-corrected chi connectivity index (χ1v) is 16.9. The Kier molecular flexibility index (Phi) is 23.9. The van der Waals surface area contributed by atoms with E-state index in [4.69, 9.17) is 21.9 Å². The number of hydrogen-bond donors (Lipinski definition) is 6. The molecule has 0 spiro atoms. The fraction of sp³-hybridized carbons (Fsp3) is 0.324. The highest BCUT2D eigenvalue weighted by atomic mass is 35.5. The number of nitrogens with one attached hydrogen (secondary N) is 3. The standard InChI is InChI=1S/C37H43F3N8O5.4ClH/c38-37(39,40)27-12-10-24(11-13-27)18-31(35(51)45-28-19-26-8-4-5-9-30(26)44-21-28)47-36(52)32(20-33(49)48(16-14-41)17-15-42)46-34(50)29(43)23-53-22-25-6-2-1-3-7-25;;;;/h1-13,19,21,29,31-32H,14-18,20,22-23,41-43H2,(H,45,51)(H,46,50)(H,47,52);4*1H/p-4/t29-,31+,32+;;;;/m1..../s1. The third-order valence-electron chi connectivity index (χ3n) is 8.12. The Labute approximate surface area is 353 Å². The molecule has 0 aliphatic heterocycles. The van der Waals surface area contributed by atoms with Crippen molar-refractivity contribution in [2.24, 2.45) is 17.2 Å². The molecule has 1 aromatic heterocycles. The number of carbonyl (C=O) groups is 4. The van der Waals surface area contributed by atoms with Crippen molar-refractivity contribution in [3.63, 3.8) is 0 Å². The van der Waals surface area contributed by atoms with Crippen molar-refractivity contribution < 1.29 is 86.7 Å². The Bertz CT molecular complexity index is 1840. The van der Waals surface area contributed by atoms with Crippen LogP contribution in [0, 0.1) is 0 Å². The summed E-state index contributed by atoms with van der Waals surface area (Å²) in [6.45, 7) is 0.433. The van der Waals surface area contributed by atoms with Crippen LogP contribution in [-0.2, 0) is 43.1 Å². The lowest BCUT2D eigenvalue weighted by atomic mass is 10.0. The van der Waals surface area contributed by atoms with Gasteiger partial charge in [0, 0.05) is 38.0 Å². The van der Waals surface area contributed by atoms with Crippen molar-refractivity contribution in [3.05, 3.63) is 108 Å². The predicted molar refractivity (Wildman–Crippen MR) is 193 cm³/mol. The smallest absolute Gasteiger partial charge is 0.416 e. The third kappa shape index (κ3) is 16.6. The molecule has 0 unspecified atom stereocenters. The van der Waals surface area contributed by atoms with E-state index >= 15 is 0 Å². The summed E-state index contributed by atoms with van der Waals surface area (Å²) in [6, 6.07) is 18.0. The van der Waals surface area contributed by atoms with Gasteiger partial charge in [0.2, 0.25) is 23.6 Å². The minimum atomic E-state index is -4.58. The van der Waals surface area contributed by atoms with E-state index < -0.39 is 59.9 Å². The first kappa shape index (κ1) is 52.7. The number of para-hydroxylation sites is 1. The summed E-state index contributed by atoms with van der Waals surface area (Å²) < 4.78 is 45.4. The summed E-state index contributed by atoms with van der Waals surface area (Å²) >= 11 is 0. The molecule has 9 N–H and O–H groups in total. The number of carbonyl (C=O) groups excluding carboxylic acids is 4. The fourth-order valence-corrected chi connectivity index (χ4v) is 5.33. The van der Waals surface area contributed by atoms with Crippen LogP contribution in [0.4, 0.5) is 18.9 Å². The van der Waals surface area contributed by atoms with Gasteiger partial charge in [-0.25, -0.2) is 0 Å². The summed E-state index contributed by atoms with van der Waals surface area (Å²) in [5, 5.41) is 8.51. The van der Waals surface area contributed by atoms with Crippen LogP contribution in [0.15, 0.2) is 91.1 Å². The number of nitrogens with zero attached hydrogens (tertiary/aromatic N) is 2. The molecule has 0 radical (unpaired) electrons. The SMILES string of the molecule is NCCN(CCN)C(=O)C[C@H](NC(=O)[C@H](N)COCc1ccccc1)C(=O)N[C@@H](Cc1ccc(C(F)(F)F)cc1)C(=O)Nc1cnc2ccccc2c1.[Cl-].[Cl-].[Cl-].[Cl-]. The summed E-state index contributed by atoms with van der Waals surface area (Å²) in [7, 11) is 0. The average molecular weight is 879 g/mol. The molecule has 0 saturated heterocycles. The lowest BCUT2D eigenvalue weighted by molar-refractivity contribution is -0.138. The second kappa shape index (κ2) is 25.9. The van der Waals surface area contributed by atoms with Crippen LogP contribution < -0.4 is 82.8 Å². The van der Waals surface area contributed by atoms with Crippen molar-refractivity contribution in [3.8, 4) is 0 Å². The van der Waals surface area contributed by atoms with Crippen LogP contribution >= 0.6 is 0 Å². The van der Waals surface area contributed by atoms with Gasteiger partial charge >= 0.3 is 6.18 Å². The predicted octanol–water partition coefficient (Wildman–Crippen LogP) is -9.90. The normalized spacial score (nSPS) is 12.2. The molecule has 0 saturated carbocycles. The summed E-state index contributed by atoms with van der Waals surface area (Å²) in [6.07, 6.45) is -3.95. The third-order valence-corrected chi connectivity index (χ3v) is 8.12. The number of rotatable bonds is 18. The molecule has 314 valence electrons. The molecule has 13 nitrogen and oxygen atoms in total. The molecule has 0 aliphatic carbocycles. The van der Waals surface area contributed by atoms with E-state index in [1.165, 1.54) is 23.2 Å². The molecule has 20 heteroatoms. The van der Waals surface area contributed by atoms with E-state index in [2.05, 4.69) is 20.9 Å². The van der Waals surface area contributed by atoms with E-state index in [0.717, 1.165) is 23.1 Å². The number of nitrogens with two attached hydrogens (primary N) is 3. The second-order valence-electron chi connectivity index (χ2n) is 12.2. The number of ether oxygens (including phenoxy) is 1. The van der Waals surface area contributed by atoms with E-state index in [1.54, 1.807) is 30.3 Å². The van der Waals surface area contributed by atoms with Gasteiger partial charge in [0.05, 0.1) is 42.6 Å². The summed E-state index contributed by atoms with van der Waals surface area (Å²) in [4.78, 5) is 59.9. The highest BCUT2D eigenvalue weighted by Gasteiger charge is 2.33. The van der Waals surface area contributed by atoms with Crippen molar-refractivity contribution >= 4 is 40.2 Å². The lowest BCUT2D eigenvalue weighted by Crippen LogP contribution is -3.00. The maximum absolute atomic E-state index is 13.9. The Morgan fingerprint density at radius 1 is 0.754 bits per heavy atom. The van der Waals surface area contributed by atoms with Crippen LogP contribution in [0.5, 0.6) is 0 Å². The zero-order valence-corrected chi connectivity index (χ0v) is 33.4. The number of aromatic nitrogens is 1. The van der Waals surface area contributed by atoms with E-state index in [0.29, 0.717) is 16.8 Å². The van der Waals surface area contributed by atoms with Crippen LogP contribution in [-0.4, -0.2) is 84.4 Å². The van der Waals surface area contributed by atoms with Crippen molar-refractivity contribution in [1.82, 2.24) is 20.5 Å². The van der Waals surface area contributed by atoms with Crippen LogP contribution in [0.25, 0.3) is 10.9 Å². The molecule has 1 heterocycles. The van der Waals surface area contributed by atoms with Gasteiger partial charge < -0.3 is 92.4 Å². The average Bonchev–Trinajstić information content (AvgIpc) is 3.14. The molecule has 4 aromatic rings. The van der Waals surface area contributed by atoms with E-state index in [1.807, 2.05) is 30.3 Å². The molecule has 4 rings (SSSR count). The highest BCUT2D eigenvalue weighted by molar-refractivity contribution is 6.00. The quantitative estimate of drug-likeness (QED) is 0.0561. The van der Waals surface area contributed by atoms with Crippen LogP contribution in [0.2, 0.25) is 0 Å². The van der Waals surface area contributed by atoms with Gasteiger partial charge in [-0.15, -0.1) is 0 Å². The number of pyridine rings is 1. The Morgan fingerprint density at radius 3 is 1.96 bits per heavy atom. The number of alkyl halides is 3. The zero-order chi connectivity index (χ0) is 38.4. The topological polar surface area (TPSA) is 208 Å². The number of benzene rings is 3. The highest BCUT2D eigenvalue weighted by Crippen LogP contribution is 2.29. The second-order valence-corrected chi connectivity index (χ2v) is 12.2. The molecular formula is C37H43Cl4F3N8O5-4. The number of amides is 4. The van der Waals surface area contributed by atoms with Gasteiger partial charge in [0.15, 0.2) is 0 Å². The zero-order valence-electron chi connectivity index (χ0n) is 30.4. The van der Waals surface area contributed by atoms with Crippen molar-refractivity contribution in [2.75, 3.05) is 38.1 Å². The van der Waals surface area contributed by atoms with Crippen LogP contribution in [0.3, 0.4) is 0 Å². The monoisotopic (exact) mass is 876 g/mol. The Hall–Kier alpha value is -4.26. The van der Waals surface area contributed by atoms with Gasteiger partial charge in [0.1, 0.15) is 18.1 Å². The molecule has 57 heavy (non-hydrogen) atoms. The molecule has 0 bridgehead atoms. The first-order valence-electron chi connectivity index (χ1n) is 16.9. The Morgan fingerprint density at radius 2 is 1.35 bits per heavy atom. The summed E-state index contributed by atoms with van der Waals surface area (Å²) in [5.41, 5.74) is 18.6. The number of halogens is 7. The summed E-state index contributed by atoms with van der Waals surface area (Å²) in [5.74, 6) is -3.01. The fourth-order valence-electron chi connectivity index (χ4n) is 5.33.